The van der Waals surface area contributed by atoms with Gasteiger partial charge in [-0.2, -0.15) is 0 Å². The van der Waals surface area contributed by atoms with Crippen molar-refractivity contribution in [2.45, 2.75) is 59.7 Å². The predicted molar refractivity (Wildman–Crippen MR) is 137 cm³/mol. The molecule has 0 atom stereocenters. The molecule has 9 heteroatoms. The molecular formula is C25H38N8O. The first-order valence-electron chi connectivity index (χ1n) is 12.4. The van der Waals surface area contributed by atoms with E-state index in [1.807, 2.05) is 18.6 Å². The first-order chi connectivity index (χ1) is 16.3. The van der Waals surface area contributed by atoms with Crippen LogP contribution in [0.25, 0.3) is 22.6 Å². The van der Waals surface area contributed by atoms with E-state index in [0.29, 0.717) is 17.9 Å². The molecule has 184 valence electrons. The highest BCUT2D eigenvalue weighted by atomic mass is 16.5. The smallest absolute Gasteiger partial charge is 0.166 e. The lowest BCUT2D eigenvalue weighted by Gasteiger charge is -2.30. The third-order valence-electron chi connectivity index (χ3n) is 6.31. The van der Waals surface area contributed by atoms with Crippen LogP contribution in [0.2, 0.25) is 0 Å². The minimum Gasteiger partial charge on any atom is -0.378 e. The van der Waals surface area contributed by atoms with Crippen LogP contribution in [0.3, 0.4) is 0 Å². The fourth-order valence-corrected chi connectivity index (χ4v) is 4.46. The minimum atomic E-state index is 0.250. The molecule has 0 unspecified atom stereocenters. The Balaban J connectivity index is 1.62. The van der Waals surface area contributed by atoms with Gasteiger partial charge in [0.25, 0.3) is 0 Å². The summed E-state index contributed by atoms with van der Waals surface area (Å²) >= 11 is 0. The highest BCUT2D eigenvalue weighted by Gasteiger charge is 2.18. The van der Waals surface area contributed by atoms with E-state index >= 15 is 0 Å². The van der Waals surface area contributed by atoms with Gasteiger partial charge in [-0.1, -0.05) is 0 Å². The van der Waals surface area contributed by atoms with Crippen LogP contribution in [-0.4, -0.2) is 80.9 Å². The standard InChI is InChI=1S/C25H38N8O/c1-17(2)32(18(3)4)10-9-26-24-22-25(33(16-28-22)19(5)6)30-23(29-24)20-7-8-21(27-15-20)31-11-13-34-14-12-31/h7-8,15-19H,9-14H2,1-6H3,(H,26,29,30). The first-order valence-corrected chi connectivity index (χ1v) is 12.4. The summed E-state index contributed by atoms with van der Waals surface area (Å²) in [5, 5.41) is 3.54. The zero-order chi connectivity index (χ0) is 24.2. The number of hydrogen-bond acceptors (Lipinski definition) is 8. The Morgan fingerprint density at radius 1 is 1.00 bits per heavy atom. The third-order valence-corrected chi connectivity index (χ3v) is 6.31. The quantitative estimate of drug-likeness (QED) is 0.509. The molecule has 0 bridgehead atoms. The highest BCUT2D eigenvalue weighted by molar-refractivity contribution is 5.85. The Kier molecular flexibility index (Phi) is 7.63. The fourth-order valence-electron chi connectivity index (χ4n) is 4.46. The van der Waals surface area contributed by atoms with E-state index in [4.69, 9.17) is 19.7 Å². The number of ether oxygens (including phenoxy) is 1. The minimum absolute atomic E-state index is 0.250. The number of morpholine rings is 1. The van der Waals surface area contributed by atoms with Crippen molar-refractivity contribution in [3.8, 4) is 11.4 Å². The summed E-state index contributed by atoms with van der Waals surface area (Å²) in [6, 6.07) is 5.32. The van der Waals surface area contributed by atoms with Gasteiger partial charge in [0.15, 0.2) is 17.3 Å². The molecule has 0 aromatic carbocycles. The van der Waals surface area contributed by atoms with Crippen LogP contribution in [-0.2, 0) is 4.74 Å². The maximum absolute atomic E-state index is 5.46. The van der Waals surface area contributed by atoms with Crippen molar-refractivity contribution in [2.75, 3.05) is 49.6 Å². The number of hydrogen-bond donors (Lipinski definition) is 1. The van der Waals surface area contributed by atoms with Crippen LogP contribution in [0, 0.1) is 0 Å². The molecule has 1 N–H and O–H groups in total. The largest absolute Gasteiger partial charge is 0.378 e. The summed E-state index contributed by atoms with van der Waals surface area (Å²) in [5.41, 5.74) is 2.53. The van der Waals surface area contributed by atoms with Gasteiger partial charge in [-0.3, -0.25) is 4.90 Å². The predicted octanol–water partition coefficient (Wildman–Crippen LogP) is 3.84. The summed E-state index contributed by atoms with van der Waals surface area (Å²) < 4.78 is 7.55. The van der Waals surface area contributed by atoms with Crippen LogP contribution in [0.4, 0.5) is 11.6 Å². The molecule has 1 aliphatic rings. The van der Waals surface area contributed by atoms with E-state index in [9.17, 15) is 0 Å². The first kappa shape index (κ1) is 24.3. The van der Waals surface area contributed by atoms with Gasteiger partial charge in [0.2, 0.25) is 0 Å². The van der Waals surface area contributed by atoms with E-state index in [1.54, 1.807) is 0 Å². The second kappa shape index (κ2) is 10.7. The number of imidazole rings is 1. The van der Waals surface area contributed by atoms with E-state index < -0.39 is 0 Å². The van der Waals surface area contributed by atoms with Crippen molar-refractivity contribution >= 4 is 22.8 Å². The molecule has 1 fully saturated rings. The molecule has 34 heavy (non-hydrogen) atoms. The molecule has 0 radical (unpaired) electrons. The Labute approximate surface area is 202 Å². The summed E-state index contributed by atoms with van der Waals surface area (Å²) in [6.07, 6.45) is 3.72. The molecule has 0 amide bonds. The Morgan fingerprint density at radius 3 is 2.35 bits per heavy atom. The summed E-state index contributed by atoms with van der Waals surface area (Å²) in [4.78, 5) is 23.8. The van der Waals surface area contributed by atoms with Gasteiger partial charge in [0.1, 0.15) is 11.3 Å². The molecule has 3 aromatic heterocycles. The molecule has 1 aliphatic heterocycles. The maximum Gasteiger partial charge on any atom is 0.166 e. The van der Waals surface area contributed by atoms with Gasteiger partial charge in [-0.25, -0.2) is 19.9 Å². The monoisotopic (exact) mass is 466 g/mol. The average molecular weight is 467 g/mol. The molecule has 4 heterocycles. The molecule has 1 saturated heterocycles. The van der Waals surface area contributed by atoms with Gasteiger partial charge in [-0.15, -0.1) is 0 Å². The van der Waals surface area contributed by atoms with Crippen LogP contribution >= 0.6 is 0 Å². The van der Waals surface area contributed by atoms with E-state index in [-0.39, 0.29) is 6.04 Å². The van der Waals surface area contributed by atoms with Crippen molar-refractivity contribution in [1.82, 2.24) is 29.4 Å². The summed E-state index contributed by atoms with van der Waals surface area (Å²) in [7, 11) is 0. The Hall–Kier alpha value is -2.78. The number of anilines is 2. The van der Waals surface area contributed by atoms with Crippen LogP contribution in [0.5, 0.6) is 0 Å². The van der Waals surface area contributed by atoms with Crippen molar-refractivity contribution < 1.29 is 4.74 Å². The average Bonchev–Trinajstić information content (AvgIpc) is 3.26. The van der Waals surface area contributed by atoms with Crippen molar-refractivity contribution in [2.24, 2.45) is 0 Å². The van der Waals surface area contributed by atoms with Crippen molar-refractivity contribution in [1.29, 1.82) is 0 Å². The van der Waals surface area contributed by atoms with Crippen LogP contribution in [0.15, 0.2) is 24.7 Å². The van der Waals surface area contributed by atoms with Gasteiger partial charge in [0.05, 0.1) is 19.5 Å². The number of aromatic nitrogens is 5. The number of pyridine rings is 1. The number of fused-ring (bicyclic) bond motifs is 1. The van der Waals surface area contributed by atoms with Gasteiger partial charge >= 0.3 is 0 Å². The normalized spacial score (nSPS) is 14.8. The SMILES string of the molecule is CC(C)N(CCNc1nc(-c2ccc(N3CCOCC3)nc2)nc2c1ncn2C(C)C)C(C)C. The zero-order valence-corrected chi connectivity index (χ0v) is 21.3. The lowest BCUT2D eigenvalue weighted by Crippen LogP contribution is -2.40. The fraction of sp³-hybridized carbons (Fsp3) is 0.600. The van der Waals surface area contributed by atoms with Gasteiger partial charge < -0.3 is 19.5 Å². The molecule has 0 aliphatic carbocycles. The highest BCUT2D eigenvalue weighted by Crippen LogP contribution is 2.26. The van der Waals surface area contributed by atoms with Gasteiger partial charge in [0, 0.05) is 56.1 Å². The molecule has 0 saturated carbocycles. The lowest BCUT2D eigenvalue weighted by molar-refractivity contribution is 0.122. The Bertz CT molecular complexity index is 1060. The summed E-state index contributed by atoms with van der Waals surface area (Å²) in [6.45, 7) is 18.1. The molecule has 4 rings (SSSR count). The topological polar surface area (TPSA) is 84.2 Å². The number of rotatable bonds is 9. The molecule has 0 spiro atoms. The number of nitrogens with zero attached hydrogens (tertiary/aromatic N) is 7. The van der Waals surface area contributed by atoms with Crippen LogP contribution < -0.4 is 10.2 Å². The lowest BCUT2D eigenvalue weighted by atomic mass is 10.2. The molecular weight excluding hydrogens is 428 g/mol. The zero-order valence-electron chi connectivity index (χ0n) is 21.3. The number of nitrogens with one attached hydrogen (secondary N) is 1. The second-order valence-corrected chi connectivity index (χ2v) is 9.67. The second-order valence-electron chi connectivity index (χ2n) is 9.67. The van der Waals surface area contributed by atoms with Crippen LogP contribution in [0.1, 0.15) is 47.6 Å². The molecule has 3 aromatic rings. The third kappa shape index (κ3) is 5.31. The Morgan fingerprint density at radius 2 is 1.74 bits per heavy atom. The van der Waals surface area contributed by atoms with E-state index in [1.165, 1.54) is 0 Å². The van der Waals surface area contributed by atoms with Gasteiger partial charge in [-0.05, 0) is 53.7 Å². The molecule has 9 nitrogen and oxygen atoms in total. The van der Waals surface area contributed by atoms with E-state index in [2.05, 4.69) is 72.3 Å². The van der Waals surface area contributed by atoms with Crippen molar-refractivity contribution in [3.05, 3.63) is 24.7 Å². The van der Waals surface area contributed by atoms with E-state index in [0.717, 1.165) is 67.8 Å². The maximum atomic E-state index is 5.46. The summed E-state index contributed by atoms with van der Waals surface area (Å²) in [5.74, 6) is 2.38. The van der Waals surface area contributed by atoms with Crippen molar-refractivity contribution in [3.63, 3.8) is 0 Å².